The Bertz CT molecular complexity index is 1030. The predicted molar refractivity (Wildman–Crippen MR) is 106 cm³/mol. The summed E-state index contributed by atoms with van der Waals surface area (Å²) in [5, 5.41) is 9.70. The van der Waals surface area contributed by atoms with Gasteiger partial charge in [-0.05, 0) is 32.0 Å². The van der Waals surface area contributed by atoms with Gasteiger partial charge in [-0.1, -0.05) is 29.3 Å². The van der Waals surface area contributed by atoms with Crippen LogP contribution in [0.3, 0.4) is 0 Å². The molecule has 0 radical (unpaired) electrons. The molecule has 1 aromatic heterocycles. The third-order valence-electron chi connectivity index (χ3n) is 4.53. The van der Waals surface area contributed by atoms with Crippen LogP contribution in [0.4, 0.5) is 5.69 Å². The van der Waals surface area contributed by atoms with E-state index in [2.05, 4.69) is 11.1 Å². The van der Waals surface area contributed by atoms with Crippen LogP contribution < -0.4 is 4.90 Å². The highest BCUT2D eigenvalue weighted by atomic mass is 35.5. The van der Waals surface area contributed by atoms with Gasteiger partial charge in [-0.2, -0.15) is 9.57 Å². The second-order valence-corrected chi connectivity index (χ2v) is 8.99. The van der Waals surface area contributed by atoms with E-state index in [0.717, 1.165) is 11.4 Å². The number of aryl methyl sites for hydroxylation is 2. The topological polar surface area (TPSA) is 77.3 Å². The number of nitriles is 1. The molecular weight excluding hydrogens is 407 g/mol. The maximum absolute atomic E-state index is 12.9. The van der Waals surface area contributed by atoms with E-state index >= 15 is 0 Å². The summed E-state index contributed by atoms with van der Waals surface area (Å²) >= 11 is 12.1. The van der Waals surface area contributed by atoms with Crippen molar-refractivity contribution in [1.29, 1.82) is 5.26 Å². The average molecular weight is 425 g/mol. The van der Waals surface area contributed by atoms with Crippen LogP contribution in [0.5, 0.6) is 0 Å². The molecule has 0 bridgehead atoms. The number of sulfonamides is 1. The number of anilines is 1. The number of piperazine rings is 1. The molecule has 3 rings (SSSR count). The van der Waals surface area contributed by atoms with E-state index in [0.29, 0.717) is 24.3 Å². The van der Waals surface area contributed by atoms with Gasteiger partial charge in [0, 0.05) is 31.9 Å². The van der Waals surface area contributed by atoms with Crippen LogP contribution in [-0.4, -0.2) is 43.9 Å². The van der Waals surface area contributed by atoms with Crippen LogP contribution in [-0.2, 0) is 10.0 Å². The molecule has 6 nitrogen and oxygen atoms in total. The first-order chi connectivity index (χ1) is 12.8. The summed E-state index contributed by atoms with van der Waals surface area (Å²) in [6.45, 7) is 5.19. The molecule has 27 heavy (non-hydrogen) atoms. The van der Waals surface area contributed by atoms with Gasteiger partial charge in [-0.25, -0.2) is 8.42 Å². The number of benzene rings is 1. The van der Waals surface area contributed by atoms with Crippen molar-refractivity contribution in [2.45, 2.75) is 18.7 Å². The van der Waals surface area contributed by atoms with Crippen molar-refractivity contribution in [2.75, 3.05) is 31.1 Å². The smallest absolute Gasteiger partial charge is 0.244 e. The lowest BCUT2D eigenvalue weighted by molar-refractivity contribution is 0.385. The van der Waals surface area contributed by atoms with E-state index in [9.17, 15) is 13.7 Å². The largest absolute Gasteiger partial charge is 0.368 e. The summed E-state index contributed by atoms with van der Waals surface area (Å²) in [6, 6.07) is 8.65. The Labute approximate surface area is 169 Å². The Morgan fingerprint density at radius 2 is 1.81 bits per heavy atom. The van der Waals surface area contributed by atoms with Gasteiger partial charge in [0.15, 0.2) is 0 Å². The fourth-order valence-corrected chi connectivity index (χ4v) is 5.35. The lowest BCUT2D eigenvalue weighted by Crippen LogP contribution is -2.49. The van der Waals surface area contributed by atoms with Gasteiger partial charge in [0.2, 0.25) is 10.0 Å². The summed E-state index contributed by atoms with van der Waals surface area (Å²) in [5.41, 5.74) is 2.81. The molecule has 0 atom stereocenters. The second-order valence-electron chi connectivity index (χ2n) is 6.30. The molecule has 1 aliphatic rings. The molecule has 0 unspecified atom stereocenters. The summed E-state index contributed by atoms with van der Waals surface area (Å²) < 4.78 is 27.3. The average Bonchev–Trinajstić information content (AvgIpc) is 2.63. The Morgan fingerprint density at radius 1 is 1.15 bits per heavy atom. The van der Waals surface area contributed by atoms with Crippen LogP contribution in [0, 0.1) is 25.2 Å². The third kappa shape index (κ3) is 3.76. The van der Waals surface area contributed by atoms with Crippen LogP contribution in [0.25, 0.3) is 0 Å². The number of nitrogens with zero attached hydrogens (tertiary/aromatic N) is 4. The van der Waals surface area contributed by atoms with Crippen molar-refractivity contribution < 1.29 is 8.42 Å². The molecule has 1 saturated heterocycles. The van der Waals surface area contributed by atoms with E-state index in [1.807, 2.05) is 17.9 Å². The van der Waals surface area contributed by atoms with Crippen LogP contribution in [0.15, 0.2) is 29.2 Å². The Hall–Kier alpha value is -1.85. The molecule has 142 valence electrons. The van der Waals surface area contributed by atoms with Crippen molar-refractivity contribution in [2.24, 2.45) is 0 Å². The monoisotopic (exact) mass is 424 g/mol. The number of halogens is 2. The standard InChI is InChI=1S/C18H18Cl2N4O2S/c1-12-10-16(14(11-21)13(2)22-12)23-6-8-24(9-7-23)27(25,26)17-5-3-4-15(19)18(17)20/h3-5,10H,6-9H2,1-2H3. The van der Waals surface area contributed by atoms with Gasteiger partial charge in [-0.3, -0.25) is 4.98 Å². The summed E-state index contributed by atoms with van der Waals surface area (Å²) in [4.78, 5) is 6.36. The third-order valence-corrected chi connectivity index (χ3v) is 7.40. The van der Waals surface area contributed by atoms with Gasteiger partial charge >= 0.3 is 0 Å². The molecule has 0 N–H and O–H groups in total. The number of aromatic nitrogens is 1. The van der Waals surface area contributed by atoms with Crippen LogP contribution in [0.1, 0.15) is 17.0 Å². The first kappa shape index (κ1) is 19.9. The minimum Gasteiger partial charge on any atom is -0.368 e. The van der Waals surface area contributed by atoms with Gasteiger partial charge in [0.05, 0.1) is 27.0 Å². The van der Waals surface area contributed by atoms with Gasteiger partial charge in [0.25, 0.3) is 0 Å². The first-order valence-corrected chi connectivity index (χ1v) is 10.5. The number of rotatable bonds is 3. The Kier molecular flexibility index (Phi) is 5.63. The quantitative estimate of drug-likeness (QED) is 0.754. The zero-order valence-electron chi connectivity index (χ0n) is 14.9. The lowest BCUT2D eigenvalue weighted by Gasteiger charge is -2.36. The van der Waals surface area contributed by atoms with Gasteiger partial charge in [-0.15, -0.1) is 0 Å². The molecule has 0 saturated carbocycles. The van der Waals surface area contributed by atoms with E-state index in [-0.39, 0.29) is 28.0 Å². The minimum atomic E-state index is -3.74. The molecule has 0 aliphatic carbocycles. The summed E-state index contributed by atoms with van der Waals surface area (Å²) in [5.74, 6) is 0. The molecule has 1 aromatic carbocycles. The molecule has 1 aliphatic heterocycles. The van der Waals surface area contributed by atoms with Gasteiger partial charge < -0.3 is 4.90 Å². The molecule has 1 fully saturated rings. The number of hydrogen-bond donors (Lipinski definition) is 0. The highest BCUT2D eigenvalue weighted by Gasteiger charge is 2.31. The van der Waals surface area contributed by atoms with Crippen molar-refractivity contribution in [1.82, 2.24) is 9.29 Å². The highest BCUT2D eigenvalue weighted by molar-refractivity contribution is 7.89. The SMILES string of the molecule is Cc1cc(N2CCN(S(=O)(=O)c3cccc(Cl)c3Cl)CC2)c(C#N)c(C)n1. The Balaban J connectivity index is 1.84. The zero-order chi connectivity index (χ0) is 19.8. The highest BCUT2D eigenvalue weighted by Crippen LogP contribution is 2.32. The van der Waals surface area contributed by atoms with Crippen molar-refractivity contribution >= 4 is 38.9 Å². The molecular formula is C18H18Cl2N4O2S. The lowest BCUT2D eigenvalue weighted by atomic mass is 10.1. The maximum Gasteiger partial charge on any atom is 0.244 e. The number of hydrogen-bond acceptors (Lipinski definition) is 5. The summed E-state index contributed by atoms with van der Waals surface area (Å²) in [7, 11) is -3.74. The molecule has 2 heterocycles. The van der Waals surface area contributed by atoms with Gasteiger partial charge in [0.1, 0.15) is 11.0 Å². The zero-order valence-corrected chi connectivity index (χ0v) is 17.2. The fraction of sp³-hybridized carbons (Fsp3) is 0.333. The fourth-order valence-electron chi connectivity index (χ4n) is 3.19. The number of pyridine rings is 1. The second kappa shape index (κ2) is 7.64. The van der Waals surface area contributed by atoms with E-state index in [4.69, 9.17) is 23.2 Å². The summed E-state index contributed by atoms with van der Waals surface area (Å²) in [6.07, 6.45) is 0. The predicted octanol–water partition coefficient (Wildman–Crippen LogP) is 3.39. The maximum atomic E-state index is 12.9. The van der Waals surface area contributed by atoms with Crippen molar-refractivity contribution in [3.8, 4) is 6.07 Å². The van der Waals surface area contributed by atoms with Crippen molar-refractivity contribution in [3.05, 3.63) is 51.3 Å². The Morgan fingerprint density at radius 3 is 2.44 bits per heavy atom. The molecule has 0 spiro atoms. The normalized spacial score (nSPS) is 15.6. The molecule has 9 heteroatoms. The van der Waals surface area contributed by atoms with Crippen molar-refractivity contribution in [3.63, 3.8) is 0 Å². The molecule has 2 aromatic rings. The van der Waals surface area contributed by atoms with E-state index in [1.54, 1.807) is 19.1 Å². The van der Waals surface area contributed by atoms with Crippen LogP contribution >= 0.6 is 23.2 Å². The van der Waals surface area contributed by atoms with E-state index in [1.165, 1.54) is 10.4 Å². The van der Waals surface area contributed by atoms with E-state index < -0.39 is 10.0 Å². The van der Waals surface area contributed by atoms with Crippen LogP contribution in [0.2, 0.25) is 10.0 Å². The molecule has 0 amide bonds. The minimum absolute atomic E-state index is 0.0124. The first-order valence-electron chi connectivity index (χ1n) is 8.33.